The van der Waals surface area contributed by atoms with E-state index in [4.69, 9.17) is 0 Å². The molecule has 1 unspecified atom stereocenters. The topological polar surface area (TPSA) is 53.1 Å². The fraction of sp³-hybridized carbons (Fsp3) is 0.692. The second-order valence-corrected chi connectivity index (χ2v) is 4.83. The lowest BCUT2D eigenvalue weighted by Gasteiger charge is -2.32. The first-order valence-electron chi connectivity index (χ1n) is 6.79. The number of likely N-dealkylation sites (tertiary alicyclic amines) is 1. The van der Waals surface area contributed by atoms with E-state index in [1.165, 1.54) is 25.8 Å². The minimum absolute atomic E-state index is 0.614. The van der Waals surface area contributed by atoms with Gasteiger partial charge in [-0.1, -0.05) is 6.42 Å². The highest BCUT2D eigenvalue weighted by Gasteiger charge is 2.18. The summed E-state index contributed by atoms with van der Waals surface area (Å²) in [5.74, 6) is 1.69. The lowest BCUT2D eigenvalue weighted by molar-refractivity contribution is 0.194. The maximum absolute atomic E-state index is 4.47. The van der Waals surface area contributed by atoms with Gasteiger partial charge in [0.1, 0.15) is 11.6 Å². The third-order valence-corrected chi connectivity index (χ3v) is 3.43. The van der Waals surface area contributed by atoms with Crippen LogP contribution in [0.1, 0.15) is 26.2 Å². The first kappa shape index (κ1) is 13.1. The molecule has 0 aromatic carbocycles. The number of nitrogens with one attached hydrogen (secondary N) is 2. The molecule has 5 heteroatoms. The smallest absolute Gasteiger partial charge is 0.147 e. The van der Waals surface area contributed by atoms with Gasteiger partial charge in [-0.3, -0.25) is 4.98 Å². The Labute approximate surface area is 109 Å². The molecule has 0 spiro atoms. The molecule has 0 radical (unpaired) electrons. The summed E-state index contributed by atoms with van der Waals surface area (Å²) in [6, 6.07) is 0.614. The molecule has 0 amide bonds. The molecule has 1 atom stereocenters. The molecule has 2 rings (SSSR count). The van der Waals surface area contributed by atoms with Crippen molar-refractivity contribution in [3.8, 4) is 0 Å². The van der Waals surface area contributed by atoms with Crippen LogP contribution in [0.3, 0.4) is 0 Å². The van der Waals surface area contributed by atoms with Crippen LogP contribution in [0.5, 0.6) is 0 Å². The second-order valence-electron chi connectivity index (χ2n) is 4.83. The number of likely N-dealkylation sites (N-methyl/N-ethyl adjacent to an activating group) is 1. The number of aromatic nitrogens is 2. The number of piperidine rings is 1. The lowest BCUT2D eigenvalue weighted by Crippen LogP contribution is -2.40. The van der Waals surface area contributed by atoms with Crippen molar-refractivity contribution in [3.05, 3.63) is 12.4 Å². The zero-order valence-electron chi connectivity index (χ0n) is 11.3. The summed E-state index contributed by atoms with van der Waals surface area (Å²) in [6.45, 7) is 5.07. The van der Waals surface area contributed by atoms with Crippen molar-refractivity contribution in [1.29, 1.82) is 0 Å². The molecule has 1 fully saturated rings. The average molecular weight is 249 g/mol. The van der Waals surface area contributed by atoms with Crippen molar-refractivity contribution >= 4 is 11.6 Å². The van der Waals surface area contributed by atoms with Crippen LogP contribution in [0.4, 0.5) is 11.6 Å². The Balaban J connectivity index is 1.87. The highest BCUT2D eigenvalue weighted by Crippen LogP contribution is 2.15. The van der Waals surface area contributed by atoms with Gasteiger partial charge in [0.15, 0.2) is 0 Å². The predicted octanol–water partition coefficient (Wildman–Crippen LogP) is 1.80. The van der Waals surface area contributed by atoms with Gasteiger partial charge in [0.25, 0.3) is 0 Å². The SMILES string of the molecule is CCNc1cncc(NCC2CCCCN2C)n1. The van der Waals surface area contributed by atoms with Crippen molar-refractivity contribution < 1.29 is 0 Å². The summed E-state index contributed by atoms with van der Waals surface area (Å²) in [5, 5.41) is 6.56. The van der Waals surface area contributed by atoms with Crippen molar-refractivity contribution in [2.24, 2.45) is 0 Å². The highest BCUT2D eigenvalue weighted by atomic mass is 15.2. The molecule has 2 heterocycles. The molecule has 1 aliphatic rings. The fourth-order valence-electron chi connectivity index (χ4n) is 2.34. The van der Waals surface area contributed by atoms with Gasteiger partial charge in [0, 0.05) is 19.1 Å². The molecular weight excluding hydrogens is 226 g/mol. The summed E-state index contributed by atoms with van der Waals surface area (Å²) >= 11 is 0. The lowest BCUT2D eigenvalue weighted by atomic mass is 10.0. The van der Waals surface area contributed by atoms with E-state index in [1.807, 2.05) is 0 Å². The Morgan fingerprint density at radius 3 is 2.78 bits per heavy atom. The third-order valence-electron chi connectivity index (χ3n) is 3.43. The zero-order chi connectivity index (χ0) is 12.8. The Morgan fingerprint density at radius 1 is 1.28 bits per heavy atom. The van der Waals surface area contributed by atoms with Crippen molar-refractivity contribution in [2.75, 3.05) is 37.3 Å². The van der Waals surface area contributed by atoms with E-state index in [9.17, 15) is 0 Å². The van der Waals surface area contributed by atoms with E-state index in [2.05, 4.69) is 39.5 Å². The second kappa shape index (κ2) is 6.54. The van der Waals surface area contributed by atoms with E-state index in [1.54, 1.807) is 12.4 Å². The quantitative estimate of drug-likeness (QED) is 0.833. The van der Waals surface area contributed by atoms with Gasteiger partial charge in [0.05, 0.1) is 12.4 Å². The van der Waals surface area contributed by atoms with Crippen LogP contribution in [0, 0.1) is 0 Å². The van der Waals surface area contributed by atoms with Crippen LogP contribution in [0.25, 0.3) is 0 Å². The normalized spacial score (nSPS) is 20.7. The summed E-state index contributed by atoms with van der Waals surface area (Å²) < 4.78 is 0. The van der Waals surface area contributed by atoms with Crippen molar-refractivity contribution in [3.63, 3.8) is 0 Å². The van der Waals surface area contributed by atoms with Crippen LogP contribution in [-0.4, -0.2) is 47.6 Å². The van der Waals surface area contributed by atoms with E-state index < -0.39 is 0 Å². The number of hydrogen-bond donors (Lipinski definition) is 2. The molecule has 5 nitrogen and oxygen atoms in total. The van der Waals surface area contributed by atoms with Gasteiger partial charge in [-0.25, -0.2) is 4.98 Å². The van der Waals surface area contributed by atoms with E-state index in [0.29, 0.717) is 6.04 Å². The number of rotatable bonds is 5. The Kier molecular flexibility index (Phi) is 4.75. The van der Waals surface area contributed by atoms with Crippen LogP contribution >= 0.6 is 0 Å². The number of hydrogen-bond acceptors (Lipinski definition) is 5. The predicted molar refractivity (Wildman–Crippen MR) is 75.0 cm³/mol. The van der Waals surface area contributed by atoms with E-state index >= 15 is 0 Å². The first-order valence-corrected chi connectivity index (χ1v) is 6.79. The molecule has 0 aliphatic carbocycles. The maximum Gasteiger partial charge on any atom is 0.147 e. The summed E-state index contributed by atoms with van der Waals surface area (Å²) in [7, 11) is 2.20. The van der Waals surface area contributed by atoms with E-state index in [-0.39, 0.29) is 0 Å². The average Bonchev–Trinajstić information content (AvgIpc) is 2.39. The van der Waals surface area contributed by atoms with Gasteiger partial charge < -0.3 is 15.5 Å². The zero-order valence-corrected chi connectivity index (χ0v) is 11.3. The minimum atomic E-state index is 0.614. The Hall–Kier alpha value is -1.36. The van der Waals surface area contributed by atoms with Gasteiger partial charge in [-0.05, 0) is 33.4 Å². The summed E-state index contributed by atoms with van der Waals surface area (Å²) in [6.07, 6.45) is 7.46. The van der Waals surface area contributed by atoms with Crippen molar-refractivity contribution in [2.45, 2.75) is 32.2 Å². The molecule has 100 valence electrons. The van der Waals surface area contributed by atoms with Crippen molar-refractivity contribution in [1.82, 2.24) is 14.9 Å². The number of nitrogens with zero attached hydrogens (tertiary/aromatic N) is 3. The minimum Gasteiger partial charge on any atom is -0.369 e. The highest BCUT2D eigenvalue weighted by molar-refractivity contribution is 5.41. The largest absolute Gasteiger partial charge is 0.369 e. The molecule has 0 saturated carbocycles. The molecule has 1 aromatic rings. The monoisotopic (exact) mass is 249 g/mol. The fourth-order valence-corrected chi connectivity index (χ4v) is 2.34. The first-order chi connectivity index (χ1) is 8.79. The Morgan fingerprint density at radius 2 is 2.06 bits per heavy atom. The van der Waals surface area contributed by atoms with Gasteiger partial charge in [-0.15, -0.1) is 0 Å². The summed E-state index contributed by atoms with van der Waals surface area (Å²) in [5.41, 5.74) is 0. The molecule has 1 aromatic heterocycles. The van der Waals surface area contributed by atoms with E-state index in [0.717, 1.165) is 24.7 Å². The van der Waals surface area contributed by atoms with Crippen LogP contribution < -0.4 is 10.6 Å². The molecule has 1 saturated heterocycles. The standard InChI is InChI=1S/C13H23N5/c1-3-15-12-9-14-10-13(17-12)16-8-11-6-4-5-7-18(11)2/h9-11H,3-8H2,1-2H3,(H2,15,16,17). The molecular formula is C13H23N5. The number of anilines is 2. The maximum atomic E-state index is 4.47. The van der Waals surface area contributed by atoms with Gasteiger partial charge in [-0.2, -0.15) is 0 Å². The van der Waals surface area contributed by atoms with Crippen LogP contribution in [0.15, 0.2) is 12.4 Å². The molecule has 1 aliphatic heterocycles. The molecule has 0 bridgehead atoms. The molecule has 18 heavy (non-hydrogen) atoms. The molecule has 2 N–H and O–H groups in total. The summed E-state index contributed by atoms with van der Waals surface area (Å²) in [4.78, 5) is 11.1. The van der Waals surface area contributed by atoms with Gasteiger partial charge in [0.2, 0.25) is 0 Å². The van der Waals surface area contributed by atoms with Crippen LogP contribution in [0.2, 0.25) is 0 Å². The van der Waals surface area contributed by atoms with Gasteiger partial charge >= 0.3 is 0 Å². The Bertz CT molecular complexity index is 368. The van der Waals surface area contributed by atoms with Crippen LogP contribution in [-0.2, 0) is 0 Å². The third kappa shape index (κ3) is 3.57.